The molecule has 1 aromatic rings. The van der Waals surface area contributed by atoms with Crippen LogP contribution >= 0.6 is 0 Å². The highest BCUT2D eigenvalue weighted by Crippen LogP contribution is 2.31. The lowest BCUT2D eigenvalue weighted by Crippen LogP contribution is -2.31. The van der Waals surface area contributed by atoms with E-state index in [2.05, 4.69) is 15.2 Å². The first-order valence-electron chi connectivity index (χ1n) is 7.50. The van der Waals surface area contributed by atoms with Crippen LogP contribution in [0.2, 0.25) is 0 Å². The summed E-state index contributed by atoms with van der Waals surface area (Å²) in [5.74, 6) is 0.510. The summed E-state index contributed by atoms with van der Waals surface area (Å²) in [6.45, 7) is 4.32. The van der Waals surface area contributed by atoms with Crippen LogP contribution in [0.5, 0.6) is 0 Å². The zero-order chi connectivity index (χ0) is 13.9. The van der Waals surface area contributed by atoms with E-state index in [0.29, 0.717) is 24.7 Å². The number of amides is 1. The fraction of sp³-hybridized carbons (Fsp3) is 0.714. The zero-order valence-corrected chi connectivity index (χ0v) is 11.8. The summed E-state index contributed by atoms with van der Waals surface area (Å²) in [5.41, 5.74) is 5.96. The average Bonchev–Trinajstić information content (AvgIpc) is 3.01. The number of carbonyl (C=O) groups excluding carboxylic acids is 1. The summed E-state index contributed by atoms with van der Waals surface area (Å²) < 4.78 is 1.85. The minimum absolute atomic E-state index is 0.0781. The predicted octanol–water partition coefficient (Wildman–Crippen LogP) is 0.0559. The minimum atomic E-state index is -0.0781. The van der Waals surface area contributed by atoms with Gasteiger partial charge in [-0.25, -0.2) is 4.98 Å². The Morgan fingerprint density at radius 1 is 1.45 bits per heavy atom. The van der Waals surface area contributed by atoms with Crippen LogP contribution in [-0.4, -0.2) is 52.6 Å². The lowest BCUT2D eigenvalue weighted by molar-refractivity contribution is 0.0942. The number of carbonyl (C=O) groups is 1. The molecule has 1 saturated carbocycles. The second-order valence-corrected chi connectivity index (χ2v) is 5.88. The molecule has 1 amide bonds. The molecule has 6 nitrogen and oxygen atoms in total. The van der Waals surface area contributed by atoms with Gasteiger partial charge in [0, 0.05) is 38.4 Å². The van der Waals surface area contributed by atoms with E-state index in [0.717, 1.165) is 19.1 Å². The van der Waals surface area contributed by atoms with E-state index in [1.807, 2.05) is 4.57 Å². The van der Waals surface area contributed by atoms with Crippen molar-refractivity contribution in [2.24, 2.45) is 11.7 Å². The zero-order valence-electron chi connectivity index (χ0n) is 11.8. The van der Waals surface area contributed by atoms with Crippen molar-refractivity contribution in [3.05, 3.63) is 18.2 Å². The normalized spacial score (nSPS) is 23.1. The summed E-state index contributed by atoms with van der Waals surface area (Å²) in [5, 5.41) is 3.00. The Kier molecular flexibility index (Phi) is 4.03. The second-order valence-electron chi connectivity index (χ2n) is 5.88. The maximum atomic E-state index is 12.0. The SMILES string of the molecule is NCCn1cnc(C(=O)NCC2CCN(C3CC3)C2)c1. The van der Waals surface area contributed by atoms with Gasteiger partial charge in [-0.15, -0.1) is 0 Å². The van der Waals surface area contributed by atoms with Gasteiger partial charge in [0.1, 0.15) is 5.69 Å². The number of hydrogen-bond donors (Lipinski definition) is 2. The number of nitrogens with zero attached hydrogens (tertiary/aromatic N) is 3. The van der Waals surface area contributed by atoms with Gasteiger partial charge in [-0.2, -0.15) is 0 Å². The van der Waals surface area contributed by atoms with Crippen molar-refractivity contribution in [2.75, 3.05) is 26.2 Å². The molecule has 20 heavy (non-hydrogen) atoms. The molecule has 0 bridgehead atoms. The summed E-state index contributed by atoms with van der Waals surface area (Å²) in [7, 11) is 0. The number of aromatic nitrogens is 2. The summed E-state index contributed by atoms with van der Waals surface area (Å²) >= 11 is 0. The van der Waals surface area contributed by atoms with Gasteiger partial charge in [0.15, 0.2) is 0 Å². The topological polar surface area (TPSA) is 76.2 Å². The van der Waals surface area contributed by atoms with Crippen LogP contribution in [0.1, 0.15) is 29.8 Å². The van der Waals surface area contributed by atoms with E-state index in [1.54, 1.807) is 12.5 Å². The van der Waals surface area contributed by atoms with Crippen LogP contribution in [0.25, 0.3) is 0 Å². The molecule has 2 aliphatic rings. The summed E-state index contributed by atoms with van der Waals surface area (Å²) in [6, 6.07) is 0.836. The number of hydrogen-bond acceptors (Lipinski definition) is 4. The van der Waals surface area contributed by atoms with Gasteiger partial charge in [-0.05, 0) is 31.7 Å². The largest absolute Gasteiger partial charge is 0.350 e. The highest BCUT2D eigenvalue weighted by molar-refractivity contribution is 5.91. The Balaban J connectivity index is 1.44. The van der Waals surface area contributed by atoms with Crippen molar-refractivity contribution in [3.8, 4) is 0 Å². The second kappa shape index (κ2) is 5.93. The van der Waals surface area contributed by atoms with E-state index in [4.69, 9.17) is 5.73 Å². The molecule has 6 heteroatoms. The van der Waals surface area contributed by atoms with Gasteiger partial charge in [-0.3, -0.25) is 4.79 Å². The molecule has 0 aromatic carbocycles. The van der Waals surface area contributed by atoms with Crippen LogP contribution in [0.4, 0.5) is 0 Å². The third kappa shape index (κ3) is 3.19. The number of rotatable bonds is 6. The molecule has 110 valence electrons. The Hall–Kier alpha value is -1.40. The molecule has 1 aliphatic heterocycles. The van der Waals surface area contributed by atoms with E-state index >= 15 is 0 Å². The van der Waals surface area contributed by atoms with Gasteiger partial charge in [-0.1, -0.05) is 0 Å². The molecule has 0 spiro atoms. The lowest BCUT2D eigenvalue weighted by atomic mass is 10.1. The minimum Gasteiger partial charge on any atom is -0.350 e. The highest BCUT2D eigenvalue weighted by Gasteiger charge is 2.34. The van der Waals surface area contributed by atoms with Crippen molar-refractivity contribution in [1.29, 1.82) is 0 Å². The smallest absolute Gasteiger partial charge is 0.271 e. The van der Waals surface area contributed by atoms with E-state index in [-0.39, 0.29) is 5.91 Å². The first-order valence-corrected chi connectivity index (χ1v) is 7.50. The molecular formula is C14H23N5O. The number of likely N-dealkylation sites (tertiary alicyclic amines) is 1. The molecule has 2 heterocycles. The molecule has 1 aromatic heterocycles. The maximum Gasteiger partial charge on any atom is 0.271 e. The molecule has 1 aliphatic carbocycles. The molecule has 3 N–H and O–H groups in total. The standard InChI is InChI=1S/C14H23N5O/c15-4-6-18-9-13(17-10-18)14(20)16-7-11-3-5-19(8-11)12-1-2-12/h9-12H,1-8,15H2,(H,16,20). The van der Waals surface area contributed by atoms with Gasteiger partial charge in [0.05, 0.1) is 6.33 Å². The first-order chi connectivity index (χ1) is 9.76. The van der Waals surface area contributed by atoms with Crippen LogP contribution < -0.4 is 11.1 Å². The quantitative estimate of drug-likeness (QED) is 0.771. The number of nitrogens with one attached hydrogen (secondary N) is 1. The van der Waals surface area contributed by atoms with Crippen LogP contribution in [0.15, 0.2) is 12.5 Å². The maximum absolute atomic E-state index is 12.0. The summed E-state index contributed by atoms with van der Waals surface area (Å²) in [6.07, 6.45) is 7.33. The monoisotopic (exact) mass is 277 g/mol. The van der Waals surface area contributed by atoms with Crippen molar-refractivity contribution >= 4 is 5.91 Å². The van der Waals surface area contributed by atoms with E-state index < -0.39 is 0 Å². The fourth-order valence-electron chi connectivity index (χ4n) is 2.88. The number of nitrogens with two attached hydrogens (primary N) is 1. The molecule has 3 rings (SSSR count). The predicted molar refractivity (Wildman–Crippen MR) is 76.3 cm³/mol. The average molecular weight is 277 g/mol. The molecule has 2 fully saturated rings. The highest BCUT2D eigenvalue weighted by atomic mass is 16.1. The summed E-state index contributed by atoms with van der Waals surface area (Å²) in [4.78, 5) is 18.7. The van der Waals surface area contributed by atoms with Gasteiger partial charge in [0.2, 0.25) is 0 Å². The van der Waals surface area contributed by atoms with Gasteiger partial charge in [0.25, 0.3) is 5.91 Å². The molecule has 1 atom stereocenters. The Bertz CT molecular complexity index is 468. The Morgan fingerprint density at radius 3 is 3.05 bits per heavy atom. The van der Waals surface area contributed by atoms with Gasteiger partial charge < -0.3 is 20.5 Å². The van der Waals surface area contributed by atoms with Crippen molar-refractivity contribution in [3.63, 3.8) is 0 Å². The molecule has 1 unspecified atom stereocenters. The first kappa shape index (κ1) is 13.6. The fourth-order valence-corrected chi connectivity index (χ4v) is 2.88. The third-order valence-corrected chi connectivity index (χ3v) is 4.19. The van der Waals surface area contributed by atoms with Crippen LogP contribution in [0.3, 0.4) is 0 Å². The van der Waals surface area contributed by atoms with E-state index in [1.165, 1.54) is 25.8 Å². The third-order valence-electron chi connectivity index (χ3n) is 4.19. The van der Waals surface area contributed by atoms with Crippen molar-refractivity contribution in [2.45, 2.75) is 31.8 Å². The molecule has 1 saturated heterocycles. The molecule has 0 radical (unpaired) electrons. The van der Waals surface area contributed by atoms with Crippen molar-refractivity contribution < 1.29 is 4.79 Å². The Labute approximate surface area is 119 Å². The Morgan fingerprint density at radius 2 is 2.30 bits per heavy atom. The van der Waals surface area contributed by atoms with Crippen molar-refractivity contribution in [1.82, 2.24) is 19.8 Å². The van der Waals surface area contributed by atoms with Crippen LogP contribution in [-0.2, 0) is 6.54 Å². The molecular weight excluding hydrogens is 254 g/mol. The lowest BCUT2D eigenvalue weighted by Gasteiger charge is -2.14. The van der Waals surface area contributed by atoms with E-state index in [9.17, 15) is 4.79 Å². The van der Waals surface area contributed by atoms with Gasteiger partial charge >= 0.3 is 0 Å². The number of imidazole rings is 1. The van der Waals surface area contributed by atoms with Crippen LogP contribution in [0, 0.1) is 5.92 Å².